The van der Waals surface area contributed by atoms with Gasteiger partial charge in [-0.25, -0.2) is 0 Å². The Kier molecular flexibility index (Phi) is 4.46. The first-order valence-corrected chi connectivity index (χ1v) is 3.87. The van der Waals surface area contributed by atoms with E-state index in [1.54, 1.807) is 6.92 Å². The van der Waals surface area contributed by atoms with Crippen LogP contribution in [0.25, 0.3) is 0 Å². The second-order valence-corrected chi connectivity index (χ2v) is 3.84. The van der Waals surface area contributed by atoms with Gasteiger partial charge in [-0.3, -0.25) is 4.98 Å². The fourth-order valence-electron chi connectivity index (χ4n) is 0.765. The van der Waals surface area contributed by atoms with Crippen LogP contribution in [-0.2, 0) is 38.1 Å². The topological polar surface area (TPSA) is 46.0 Å². The minimum Gasteiger partial charge on any atom is -0.575 e. The van der Waals surface area contributed by atoms with E-state index < -0.39 is 0 Å². The van der Waals surface area contributed by atoms with E-state index in [1.807, 2.05) is 20.8 Å². The molecule has 1 N–H and O–H groups in total. The Bertz CT molecular complexity index is 294. The average Bonchev–Trinajstić information content (AvgIpc) is 1.92. The fourth-order valence-corrected chi connectivity index (χ4v) is 0.765. The third-order valence-corrected chi connectivity index (χ3v) is 1.58. The van der Waals surface area contributed by atoms with E-state index >= 15 is 0 Å². The summed E-state index contributed by atoms with van der Waals surface area (Å²) in [6, 6.07) is 0. The summed E-state index contributed by atoms with van der Waals surface area (Å²) in [5, 5.41) is 9.10. The maximum absolute atomic E-state index is 9.10. The van der Waals surface area contributed by atoms with Crippen LogP contribution in [-0.4, -0.2) is 15.1 Å². The van der Waals surface area contributed by atoms with Gasteiger partial charge in [-0.15, -0.1) is 6.20 Å². The first kappa shape index (κ1) is 13.0. The Hall–Kier alpha value is -0.0161. The summed E-state index contributed by atoms with van der Waals surface area (Å²) < 4.78 is 0. The van der Waals surface area contributed by atoms with Crippen molar-refractivity contribution >= 4 is 0 Å². The second kappa shape index (κ2) is 4.47. The predicted octanol–water partition coefficient (Wildman–Crippen LogP) is 1.59. The van der Waals surface area contributed by atoms with Crippen molar-refractivity contribution in [3.63, 3.8) is 0 Å². The van der Waals surface area contributed by atoms with Crippen molar-refractivity contribution in [2.24, 2.45) is 0 Å². The molecule has 0 aromatic carbocycles. The molecule has 0 atom stereocenters. The van der Waals surface area contributed by atoms with E-state index in [-0.39, 0.29) is 44.0 Å². The summed E-state index contributed by atoms with van der Waals surface area (Å²) in [6.07, 6.45) is 2.71. The van der Waals surface area contributed by atoms with Gasteiger partial charge in [-0.2, -0.15) is 0 Å². The van der Waals surface area contributed by atoms with Crippen LogP contribution in [0.5, 0.6) is 5.88 Å². The fraction of sp³-hybridized carbons (Fsp3) is 0.556. The minimum atomic E-state index is -0.0640. The van der Waals surface area contributed by atoms with Crippen LogP contribution >= 0.6 is 0 Å². The standard InChI is InChI=1S/C9H13N2O.Y/c1-6-8(12)10-5-7(11-6)9(2,3)4;/h1-4H3,(H,10,12);/q-1;. The summed E-state index contributed by atoms with van der Waals surface area (Å²) in [6.45, 7) is 7.82. The van der Waals surface area contributed by atoms with E-state index in [1.165, 1.54) is 0 Å². The molecule has 0 spiro atoms. The van der Waals surface area contributed by atoms with Gasteiger partial charge in [0.2, 0.25) is 0 Å². The van der Waals surface area contributed by atoms with Crippen molar-refractivity contribution in [3.05, 3.63) is 17.6 Å². The van der Waals surface area contributed by atoms with Gasteiger partial charge < -0.3 is 10.1 Å². The number of rotatable bonds is 0. The second-order valence-electron chi connectivity index (χ2n) is 3.84. The van der Waals surface area contributed by atoms with Crippen molar-refractivity contribution in [3.8, 4) is 5.88 Å². The summed E-state index contributed by atoms with van der Waals surface area (Å²) >= 11 is 0. The zero-order chi connectivity index (χ0) is 9.35. The van der Waals surface area contributed by atoms with E-state index in [0.717, 1.165) is 5.69 Å². The molecule has 3 nitrogen and oxygen atoms in total. The monoisotopic (exact) mass is 254 g/mol. The molecule has 1 aromatic rings. The van der Waals surface area contributed by atoms with Gasteiger partial charge in [0.05, 0.1) is 5.88 Å². The van der Waals surface area contributed by atoms with Crippen LogP contribution in [0.3, 0.4) is 0 Å². The molecule has 1 radical (unpaired) electrons. The molecule has 0 saturated heterocycles. The number of nitrogens with zero attached hydrogens (tertiary/aromatic N) is 2. The molecular weight excluding hydrogens is 241 g/mol. The molecule has 0 bridgehead atoms. The third-order valence-electron chi connectivity index (χ3n) is 1.58. The zero-order valence-electron chi connectivity index (χ0n) is 8.42. The van der Waals surface area contributed by atoms with Crippen LogP contribution in [0.4, 0.5) is 0 Å². The van der Waals surface area contributed by atoms with Crippen molar-refractivity contribution < 1.29 is 37.8 Å². The van der Waals surface area contributed by atoms with Gasteiger partial charge in [0.25, 0.3) is 0 Å². The Morgan fingerprint density at radius 1 is 1.31 bits per heavy atom. The third kappa shape index (κ3) is 3.31. The normalized spacial score (nSPS) is 10.8. The van der Waals surface area contributed by atoms with Gasteiger partial charge in [0, 0.05) is 38.4 Å². The maximum atomic E-state index is 9.10. The first-order valence-electron chi connectivity index (χ1n) is 3.87. The zero-order valence-corrected chi connectivity index (χ0v) is 11.3. The van der Waals surface area contributed by atoms with E-state index in [9.17, 15) is 0 Å². The van der Waals surface area contributed by atoms with E-state index in [4.69, 9.17) is 5.11 Å². The molecule has 13 heavy (non-hydrogen) atoms. The molecule has 0 aliphatic rings. The molecule has 69 valence electrons. The van der Waals surface area contributed by atoms with Gasteiger partial charge in [-0.1, -0.05) is 20.8 Å². The van der Waals surface area contributed by atoms with E-state index in [0.29, 0.717) is 5.69 Å². The van der Waals surface area contributed by atoms with Crippen LogP contribution in [0.15, 0.2) is 0 Å². The van der Waals surface area contributed by atoms with Crippen LogP contribution < -0.4 is 0 Å². The van der Waals surface area contributed by atoms with Gasteiger partial charge in [-0.05, 0) is 18.0 Å². The Balaban J connectivity index is 0.00000144. The average molecular weight is 254 g/mol. The molecule has 0 aliphatic heterocycles. The van der Waals surface area contributed by atoms with Crippen molar-refractivity contribution in [2.75, 3.05) is 0 Å². The first-order chi connectivity index (χ1) is 5.41. The minimum absolute atomic E-state index is 0. The van der Waals surface area contributed by atoms with Crippen molar-refractivity contribution in [1.82, 2.24) is 9.97 Å². The number of hydrogen-bond acceptors (Lipinski definition) is 3. The van der Waals surface area contributed by atoms with Gasteiger partial charge >= 0.3 is 0 Å². The summed E-state index contributed by atoms with van der Waals surface area (Å²) in [5.74, 6) is -0.0389. The largest absolute Gasteiger partial charge is 0.575 e. The molecule has 0 amide bonds. The number of aryl methyl sites for hydroxylation is 1. The van der Waals surface area contributed by atoms with Crippen LogP contribution in [0.1, 0.15) is 32.2 Å². The van der Waals surface area contributed by atoms with Gasteiger partial charge in [0.1, 0.15) is 0 Å². The quantitative estimate of drug-likeness (QED) is 0.715. The summed E-state index contributed by atoms with van der Waals surface area (Å²) in [5.41, 5.74) is 1.27. The summed E-state index contributed by atoms with van der Waals surface area (Å²) in [4.78, 5) is 7.89. The molecule has 1 heterocycles. The molecule has 0 unspecified atom stereocenters. The molecule has 0 saturated carbocycles. The number of aromatic hydroxyl groups is 1. The van der Waals surface area contributed by atoms with Crippen LogP contribution in [0.2, 0.25) is 0 Å². The maximum Gasteiger partial charge on any atom is 0.0724 e. The number of hydrogen-bond donors (Lipinski definition) is 1. The van der Waals surface area contributed by atoms with Crippen molar-refractivity contribution in [2.45, 2.75) is 33.1 Å². The molecule has 0 fully saturated rings. The Labute approximate surface area is 104 Å². The number of aromatic nitrogens is 2. The molecule has 1 aromatic heterocycles. The molecule has 4 heteroatoms. The summed E-state index contributed by atoms with van der Waals surface area (Å²) in [7, 11) is 0. The smallest absolute Gasteiger partial charge is 0.0724 e. The van der Waals surface area contributed by atoms with Crippen molar-refractivity contribution in [1.29, 1.82) is 0 Å². The van der Waals surface area contributed by atoms with Crippen LogP contribution in [0, 0.1) is 13.1 Å². The molecule has 0 aliphatic carbocycles. The van der Waals surface area contributed by atoms with E-state index in [2.05, 4.69) is 16.2 Å². The predicted molar refractivity (Wildman–Crippen MR) is 46.0 cm³/mol. The Morgan fingerprint density at radius 2 is 1.85 bits per heavy atom. The Morgan fingerprint density at radius 3 is 2.23 bits per heavy atom. The molecular formula is C9H13N2OY-. The molecule has 1 rings (SSSR count). The SMILES string of the molecule is Cc1nc(C(C)(C)C)[c-]nc1O.[Y]. The van der Waals surface area contributed by atoms with Gasteiger partial charge in [0.15, 0.2) is 0 Å².